The topological polar surface area (TPSA) is 62.3 Å². The predicted octanol–water partition coefficient (Wildman–Crippen LogP) is 4.21. The average molecular weight is 410 g/mol. The monoisotopic (exact) mass is 409 g/mol. The van der Waals surface area contributed by atoms with E-state index in [1.165, 1.54) is 32.9 Å². The molecule has 5 nitrogen and oxygen atoms in total. The van der Waals surface area contributed by atoms with E-state index in [1.807, 2.05) is 11.4 Å². The molecule has 3 aromatic rings. The van der Waals surface area contributed by atoms with E-state index >= 15 is 0 Å². The first-order valence-corrected chi connectivity index (χ1v) is 11.1. The number of nitrogens with one attached hydrogen (secondary N) is 1. The minimum atomic E-state index is -0.428. The molecule has 0 bridgehead atoms. The number of benzene rings is 1. The van der Waals surface area contributed by atoms with E-state index < -0.39 is 6.04 Å². The van der Waals surface area contributed by atoms with Crippen LogP contribution in [0.2, 0.25) is 0 Å². The maximum Gasteiger partial charge on any atom is 0.264 e. The molecular formula is C21H19N3O2S2. The number of fused-ring (bicyclic) bond motifs is 3. The Morgan fingerprint density at radius 3 is 2.89 bits per heavy atom. The van der Waals surface area contributed by atoms with Gasteiger partial charge in [0.15, 0.2) is 5.13 Å². The van der Waals surface area contributed by atoms with Crippen molar-refractivity contribution in [2.45, 2.75) is 31.7 Å². The van der Waals surface area contributed by atoms with Gasteiger partial charge in [-0.15, -0.1) is 22.7 Å². The van der Waals surface area contributed by atoms with Crippen molar-refractivity contribution >= 4 is 39.6 Å². The summed E-state index contributed by atoms with van der Waals surface area (Å²) in [7, 11) is 0. The van der Waals surface area contributed by atoms with Crippen LogP contribution in [0.5, 0.6) is 0 Å². The predicted molar refractivity (Wildman–Crippen MR) is 112 cm³/mol. The number of aryl methyl sites for hydroxylation is 2. The molecule has 28 heavy (non-hydrogen) atoms. The molecule has 0 saturated carbocycles. The van der Waals surface area contributed by atoms with Gasteiger partial charge in [0.2, 0.25) is 5.91 Å². The van der Waals surface area contributed by atoms with Crippen LogP contribution >= 0.6 is 22.7 Å². The molecule has 2 aliphatic rings. The van der Waals surface area contributed by atoms with E-state index in [-0.39, 0.29) is 11.8 Å². The van der Waals surface area contributed by atoms with Crippen LogP contribution in [0, 0.1) is 0 Å². The number of hydrogen-bond donors (Lipinski definition) is 1. The van der Waals surface area contributed by atoms with Crippen molar-refractivity contribution in [3.63, 3.8) is 0 Å². The van der Waals surface area contributed by atoms with E-state index in [1.54, 1.807) is 22.4 Å². The zero-order valence-corrected chi connectivity index (χ0v) is 16.8. The fraction of sp³-hybridized carbons (Fsp3) is 0.286. The lowest BCUT2D eigenvalue weighted by Gasteiger charge is -2.22. The third kappa shape index (κ3) is 3.04. The molecule has 1 aliphatic carbocycles. The molecule has 142 valence electrons. The average Bonchev–Trinajstić information content (AvgIpc) is 3.46. The Morgan fingerprint density at radius 1 is 1.18 bits per heavy atom. The van der Waals surface area contributed by atoms with Crippen molar-refractivity contribution in [2.75, 3.05) is 11.9 Å². The molecule has 1 saturated heterocycles. The van der Waals surface area contributed by atoms with Crippen molar-refractivity contribution in [3.8, 4) is 10.4 Å². The maximum atomic E-state index is 13.2. The summed E-state index contributed by atoms with van der Waals surface area (Å²) in [6.45, 7) is 0.619. The zero-order valence-electron chi connectivity index (χ0n) is 15.2. The molecule has 0 radical (unpaired) electrons. The Hall–Kier alpha value is -2.51. The van der Waals surface area contributed by atoms with Gasteiger partial charge in [-0.05, 0) is 48.4 Å². The van der Waals surface area contributed by atoms with Gasteiger partial charge in [-0.1, -0.05) is 24.3 Å². The summed E-state index contributed by atoms with van der Waals surface area (Å²) in [6.07, 6.45) is 5.17. The second-order valence-corrected chi connectivity index (χ2v) is 9.05. The van der Waals surface area contributed by atoms with Crippen LogP contribution in [0.25, 0.3) is 10.4 Å². The zero-order chi connectivity index (χ0) is 19.1. The molecule has 1 aliphatic heterocycles. The molecule has 2 amide bonds. The van der Waals surface area contributed by atoms with Gasteiger partial charge in [-0.3, -0.25) is 9.59 Å². The Kier molecular flexibility index (Phi) is 4.49. The number of carbonyl (C=O) groups excluding carboxylic acids is 2. The molecule has 3 heterocycles. The molecule has 2 aromatic heterocycles. The third-order valence-corrected chi connectivity index (χ3v) is 7.31. The number of carbonyl (C=O) groups is 2. The summed E-state index contributed by atoms with van der Waals surface area (Å²) in [6, 6.07) is 10.0. The summed E-state index contributed by atoms with van der Waals surface area (Å²) in [5.41, 5.74) is 3.83. The highest BCUT2D eigenvalue weighted by molar-refractivity contribution is 7.17. The van der Waals surface area contributed by atoms with Crippen molar-refractivity contribution in [1.29, 1.82) is 0 Å². The van der Waals surface area contributed by atoms with Crippen molar-refractivity contribution in [2.24, 2.45) is 0 Å². The SMILES string of the molecule is O=C(Nc1nccs1)C1CCCN1C(=O)c1cc2c(s1)-c1ccccc1CC2. The second kappa shape index (κ2) is 7.14. The second-order valence-electron chi connectivity index (χ2n) is 7.11. The van der Waals surface area contributed by atoms with Crippen LogP contribution in [0.3, 0.4) is 0 Å². The molecule has 0 spiro atoms. The van der Waals surface area contributed by atoms with Gasteiger partial charge in [-0.2, -0.15) is 0 Å². The molecule has 1 aromatic carbocycles. The highest BCUT2D eigenvalue weighted by Crippen LogP contribution is 2.40. The quantitative estimate of drug-likeness (QED) is 0.705. The number of hydrogen-bond acceptors (Lipinski definition) is 5. The molecule has 5 rings (SSSR count). The molecule has 7 heteroatoms. The number of nitrogens with zero attached hydrogens (tertiary/aromatic N) is 2. The highest BCUT2D eigenvalue weighted by atomic mass is 32.1. The van der Waals surface area contributed by atoms with Gasteiger partial charge < -0.3 is 10.2 Å². The lowest BCUT2D eigenvalue weighted by molar-refractivity contribution is -0.119. The van der Waals surface area contributed by atoms with Gasteiger partial charge in [0.1, 0.15) is 6.04 Å². The maximum absolute atomic E-state index is 13.2. The third-order valence-electron chi connectivity index (χ3n) is 5.42. The number of amides is 2. The number of thiazole rings is 1. The summed E-state index contributed by atoms with van der Waals surface area (Å²) in [5, 5.41) is 5.24. The molecule has 1 fully saturated rings. The minimum Gasteiger partial charge on any atom is -0.326 e. The van der Waals surface area contributed by atoms with Crippen LogP contribution in [-0.4, -0.2) is 34.3 Å². The first-order valence-electron chi connectivity index (χ1n) is 9.43. The summed E-state index contributed by atoms with van der Waals surface area (Å²) in [4.78, 5) is 33.7. The number of aromatic nitrogens is 1. The lowest BCUT2D eigenvalue weighted by atomic mass is 9.91. The Balaban J connectivity index is 1.39. The molecular weight excluding hydrogens is 390 g/mol. The Labute approximate surface area is 171 Å². The van der Waals surface area contributed by atoms with Crippen LogP contribution in [0.15, 0.2) is 41.9 Å². The van der Waals surface area contributed by atoms with Gasteiger partial charge >= 0.3 is 0 Å². The van der Waals surface area contributed by atoms with E-state index in [0.717, 1.165) is 24.1 Å². The normalized spacial score (nSPS) is 17.9. The summed E-state index contributed by atoms with van der Waals surface area (Å²) >= 11 is 2.94. The first kappa shape index (κ1) is 17.6. The van der Waals surface area contributed by atoms with E-state index in [2.05, 4.69) is 34.6 Å². The number of rotatable bonds is 3. The summed E-state index contributed by atoms with van der Waals surface area (Å²) in [5.74, 6) is -0.180. The van der Waals surface area contributed by atoms with Crippen molar-refractivity contribution < 1.29 is 9.59 Å². The Bertz CT molecular complexity index is 1040. The van der Waals surface area contributed by atoms with Crippen molar-refractivity contribution in [1.82, 2.24) is 9.88 Å². The smallest absolute Gasteiger partial charge is 0.264 e. The van der Waals surface area contributed by atoms with Crippen LogP contribution in [0.4, 0.5) is 5.13 Å². The van der Waals surface area contributed by atoms with Gasteiger partial charge in [0.05, 0.1) is 4.88 Å². The summed E-state index contributed by atoms with van der Waals surface area (Å²) < 4.78 is 0. The van der Waals surface area contributed by atoms with Crippen LogP contribution in [0.1, 0.15) is 33.6 Å². The fourth-order valence-corrected chi connectivity index (χ4v) is 5.83. The van der Waals surface area contributed by atoms with Crippen molar-refractivity contribution in [3.05, 3.63) is 57.9 Å². The Morgan fingerprint density at radius 2 is 2.04 bits per heavy atom. The standard InChI is InChI=1S/C21H19N3O2S2/c25-19(23-21-22-9-11-27-21)16-6-3-10-24(16)20(26)17-12-14-8-7-13-4-1-2-5-15(13)18(14)28-17/h1-2,4-5,9,11-12,16H,3,6-8,10H2,(H,22,23,25). The van der Waals surface area contributed by atoms with Gasteiger partial charge in [0, 0.05) is 23.0 Å². The molecule has 1 atom stereocenters. The van der Waals surface area contributed by atoms with E-state index in [9.17, 15) is 9.59 Å². The fourth-order valence-electron chi connectivity index (χ4n) is 4.07. The lowest BCUT2D eigenvalue weighted by Crippen LogP contribution is -2.42. The number of thiophene rings is 1. The molecule has 1 N–H and O–H groups in total. The van der Waals surface area contributed by atoms with Crippen LogP contribution in [-0.2, 0) is 17.6 Å². The van der Waals surface area contributed by atoms with E-state index in [0.29, 0.717) is 18.1 Å². The van der Waals surface area contributed by atoms with Crippen LogP contribution < -0.4 is 5.32 Å². The minimum absolute atomic E-state index is 0.0336. The molecule has 1 unspecified atom stereocenters. The largest absolute Gasteiger partial charge is 0.326 e. The number of anilines is 1. The van der Waals surface area contributed by atoms with Gasteiger partial charge in [-0.25, -0.2) is 4.98 Å². The van der Waals surface area contributed by atoms with E-state index in [4.69, 9.17) is 0 Å². The highest BCUT2D eigenvalue weighted by Gasteiger charge is 2.36. The van der Waals surface area contributed by atoms with Gasteiger partial charge in [0.25, 0.3) is 5.91 Å². The first-order chi connectivity index (χ1) is 13.7. The number of likely N-dealkylation sites (tertiary alicyclic amines) is 1.